The van der Waals surface area contributed by atoms with Gasteiger partial charge in [-0.3, -0.25) is 9.59 Å². The van der Waals surface area contributed by atoms with Gasteiger partial charge in [-0.05, 0) is 60.7 Å². The monoisotopic (exact) mass is 412 g/mol. The molecule has 2 aromatic carbocycles. The number of carbonyl (C=O) groups excluding carboxylic acids is 2. The first-order valence-electron chi connectivity index (χ1n) is 10.4. The van der Waals surface area contributed by atoms with Crippen LogP contribution in [0.25, 0.3) is 0 Å². The fraction of sp³-hybridized carbons (Fsp3) is 0.417. The van der Waals surface area contributed by atoms with Gasteiger partial charge in [-0.2, -0.15) is 0 Å². The molecule has 0 spiro atoms. The zero-order valence-electron chi connectivity index (χ0n) is 18.0. The molecule has 30 heavy (non-hydrogen) atoms. The van der Waals surface area contributed by atoms with Crippen molar-refractivity contribution < 1.29 is 18.7 Å². The van der Waals surface area contributed by atoms with Gasteiger partial charge in [-0.25, -0.2) is 4.39 Å². The molecule has 0 aliphatic carbocycles. The van der Waals surface area contributed by atoms with Crippen molar-refractivity contribution in [3.05, 3.63) is 65.0 Å². The first-order chi connectivity index (χ1) is 14.3. The molecule has 1 aliphatic heterocycles. The Balaban J connectivity index is 1.98. The van der Waals surface area contributed by atoms with E-state index in [0.717, 1.165) is 23.1 Å². The Labute approximate surface area is 177 Å². The molecule has 0 fully saturated rings. The van der Waals surface area contributed by atoms with Crippen molar-refractivity contribution in [3.8, 4) is 5.75 Å². The maximum Gasteiger partial charge on any atom is 0.263 e. The summed E-state index contributed by atoms with van der Waals surface area (Å²) in [4.78, 5) is 28.3. The van der Waals surface area contributed by atoms with Gasteiger partial charge in [0, 0.05) is 27.1 Å². The highest BCUT2D eigenvalue weighted by Crippen LogP contribution is 2.37. The number of likely N-dealkylation sites (N-methyl/N-ethyl adjacent to an activating group) is 1. The predicted octanol–water partition coefficient (Wildman–Crippen LogP) is 3.96. The Kier molecular flexibility index (Phi) is 6.75. The third-order valence-corrected chi connectivity index (χ3v) is 5.71. The molecule has 0 aromatic heterocycles. The Bertz CT molecular complexity index is 913. The van der Waals surface area contributed by atoms with Crippen LogP contribution in [0.3, 0.4) is 0 Å². The molecule has 0 saturated carbocycles. The molecule has 0 radical (unpaired) electrons. The fourth-order valence-electron chi connectivity index (χ4n) is 3.88. The summed E-state index contributed by atoms with van der Waals surface area (Å²) in [5, 5.41) is 0. The maximum absolute atomic E-state index is 13.5. The lowest BCUT2D eigenvalue weighted by atomic mass is 9.88. The number of ether oxygens (including phenoxy) is 1. The van der Waals surface area contributed by atoms with Crippen LogP contribution in [-0.2, 0) is 16.0 Å². The molecule has 1 aliphatic rings. The van der Waals surface area contributed by atoms with Crippen LogP contribution in [0, 0.1) is 5.82 Å². The fourth-order valence-corrected chi connectivity index (χ4v) is 3.88. The van der Waals surface area contributed by atoms with Crippen molar-refractivity contribution in [3.63, 3.8) is 0 Å². The summed E-state index contributed by atoms with van der Waals surface area (Å²) >= 11 is 0. The van der Waals surface area contributed by atoms with Crippen LogP contribution in [0.5, 0.6) is 5.75 Å². The van der Waals surface area contributed by atoms with E-state index in [1.54, 1.807) is 35.9 Å². The summed E-state index contributed by atoms with van der Waals surface area (Å²) in [6.07, 6.45) is 0.729. The Morgan fingerprint density at radius 3 is 2.50 bits per heavy atom. The normalized spacial score (nSPS) is 16.6. The molecule has 6 heteroatoms. The largest absolute Gasteiger partial charge is 0.481 e. The molecule has 2 amide bonds. The van der Waals surface area contributed by atoms with Crippen molar-refractivity contribution in [2.75, 3.05) is 20.1 Å². The van der Waals surface area contributed by atoms with Gasteiger partial charge >= 0.3 is 0 Å². The average Bonchev–Trinajstić information content (AvgIpc) is 2.76. The number of rotatable bonds is 6. The number of hydrogen-bond donors (Lipinski definition) is 0. The van der Waals surface area contributed by atoms with Crippen LogP contribution < -0.4 is 4.74 Å². The van der Waals surface area contributed by atoms with Crippen molar-refractivity contribution in [2.24, 2.45) is 0 Å². The first kappa shape index (κ1) is 21.8. The lowest BCUT2D eigenvalue weighted by molar-refractivity contribution is -0.137. The van der Waals surface area contributed by atoms with E-state index >= 15 is 0 Å². The van der Waals surface area contributed by atoms with E-state index in [9.17, 15) is 14.0 Å². The van der Waals surface area contributed by atoms with Crippen LogP contribution in [-0.4, -0.2) is 47.9 Å². The van der Waals surface area contributed by atoms with E-state index in [-0.39, 0.29) is 23.7 Å². The van der Waals surface area contributed by atoms with E-state index < -0.39 is 6.10 Å². The van der Waals surface area contributed by atoms with Gasteiger partial charge in [-0.1, -0.05) is 25.1 Å². The SMILES string of the molecule is CCC(Oc1ccc2c(c1)C(c1ccc(F)cc1)N(C(C)=O)CC2)C(=O)N(C)CC. The van der Waals surface area contributed by atoms with E-state index in [1.165, 1.54) is 12.1 Å². The molecular weight excluding hydrogens is 383 g/mol. The minimum Gasteiger partial charge on any atom is -0.481 e. The van der Waals surface area contributed by atoms with Crippen LogP contribution in [0.1, 0.15) is 49.9 Å². The lowest BCUT2D eigenvalue weighted by Crippen LogP contribution is -2.40. The molecule has 2 atom stereocenters. The minimum absolute atomic E-state index is 0.0347. The van der Waals surface area contributed by atoms with Gasteiger partial charge in [0.1, 0.15) is 11.6 Å². The lowest BCUT2D eigenvalue weighted by Gasteiger charge is -2.37. The van der Waals surface area contributed by atoms with Crippen LogP contribution in [0.2, 0.25) is 0 Å². The molecule has 0 bridgehead atoms. The van der Waals surface area contributed by atoms with Crippen LogP contribution in [0.4, 0.5) is 4.39 Å². The Hall–Kier alpha value is -2.89. The number of hydrogen-bond acceptors (Lipinski definition) is 3. The number of halogens is 1. The molecular formula is C24H29FN2O3. The summed E-state index contributed by atoms with van der Waals surface area (Å²) < 4.78 is 19.5. The Morgan fingerprint density at radius 1 is 1.20 bits per heavy atom. The molecule has 1 heterocycles. The number of nitrogens with zero attached hydrogens (tertiary/aromatic N) is 2. The van der Waals surface area contributed by atoms with Crippen molar-refractivity contribution in [1.82, 2.24) is 9.80 Å². The summed E-state index contributed by atoms with van der Waals surface area (Å²) in [7, 11) is 1.76. The summed E-state index contributed by atoms with van der Waals surface area (Å²) in [5.41, 5.74) is 2.92. The van der Waals surface area contributed by atoms with Gasteiger partial charge in [0.15, 0.2) is 6.10 Å². The summed E-state index contributed by atoms with van der Waals surface area (Å²) in [6.45, 7) is 6.61. The number of carbonyl (C=O) groups is 2. The van der Waals surface area contributed by atoms with E-state index in [4.69, 9.17) is 4.74 Å². The molecule has 2 unspecified atom stereocenters. The minimum atomic E-state index is -0.565. The highest BCUT2D eigenvalue weighted by molar-refractivity contribution is 5.81. The number of amides is 2. The van der Waals surface area contributed by atoms with Crippen molar-refractivity contribution in [2.45, 2.75) is 45.8 Å². The zero-order valence-corrected chi connectivity index (χ0v) is 18.0. The summed E-state index contributed by atoms with van der Waals surface area (Å²) in [6, 6.07) is 11.7. The third kappa shape index (κ3) is 4.48. The van der Waals surface area contributed by atoms with Gasteiger partial charge in [-0.15, -0.1) is 0 Å². The third-order valence-electron chi connectivity index (χ3n) is 5.71. The van der Waals surface area contributed by atoms with E-state index in [0.29, 0.717) is 25.3 Å². The quantitative estimate of drug-likeness (QED) is 0.722. The zero-order chi connectivity index (χ0) is 21.8. The molecule has 3 rings (SSSR count). The number of benzene rings is 2. The van der Waals surface area contributed by atoms with Gasteiger partial charge < -0.3 is 14.5 Å². The number of fused-ring (bicyclic) bond motifs is 1. The predicted molar refractivity (Wildman–Crippen MR) is 114 cm³/mol. The second-order valence-electron chi connectivity index (χ2n) is 7.64. The standard InChI is InChI=1S/C24H29FN2O3/c1-5-22(24(29)26(4)6-2)30-20-12-9-17-13-14-27(16(3)28)23(21(17)15-20)18-7-10-19(25)11-8-18/h7-12,15,22-23H,5-6,13-14H2,1-4H3. The molecule has 0 saturated heterocycles. The smallest absolute Gasteiger partial charge is 0.263 e. The molecule has 160 valence electrons. The van der Waals surface area contributed by atoms with Gasteiger partial charge in [0.2, 0.25) is 5.91 Å². The second-order valence-corrected chi connectivity index (χ2v) is 7.64. The Morgan fingerprint density at radius 2 is 1.90 bits per heavy atom. The highest BCUT2D eigenvalue weighted by atomic mass is 19.1. The molecule has 5 nitrogen and oxygen atoms in total. The highest BCUT2D eigenvalue weighted by Gasteiger charge is 2.31. The topological polar surface area (TPSA) is 49.9 Å². The molecule has 0 N–H and O–H groups in total. The maximum atomic E-state index is 13.5. The van der Waals surface area contributed by atoms with Gasteiger partial charge in [0.05, 0.1) is 6.04 Å². The average molecular weight is 413 g/mol. The first-order valence-corrected chi connectivity index (χ1v) is 10.4. The second kappa shape index (κ2) is 9.28. The van der Waals surface area contributed by atoms with Crippen LogP contribution in [0.15, 0.2) is 42.5 Å². The van der Waals surface area contributed by atoms with E-state index in [2.05, 4.69) is 0 Å². The van der Waals surface area contributed by atoms with E-state index in [1.807, 2.05) is 32.0 Å². The van der Waals surface area contributed by atoms with Crippen molar-refractivity contribution in [1.29, 1.82) is 0 Å². The molecule has 2 aromatic rings. The summed E-state index contributed by atoms with van der Waals surface area (Å²) in [5.74, 6) is 0.187. The van der Waals surface area contributed by atoms with Crippen LogP contribution >= 0.6 is 0 Å². The van der Waals surface area contributed by atoms with Gasteiger partial charge in [0.25, 0.3) is 5.91 Å². The van der Waals surface area contributed by atoms with Crippen molar-refractivity contribution >= 4 is 11.8 Å².